The van der Waals surface area contributed by atoms with Gasteiger partial charge < -0.3 is 10.2 Å². The molecule has 0 aliphatic heterocycles. The van der Waals surface area contributed by atoms with Crippen LogP contribution in [0.25, 0.3) is 11.8 Å². The molecule has 0 fully saturated rings. The Morgan fingerprint density at radius 2 is 1.88 bits per heavy atom. The van der Waals surface area contributed by atoms with Gasteiger partial charge in [-0.1, -0.05) is 18.2 Å². The highest BCUT2D eigenvalue weighted by molar-refractivity contribution is 5.94. The van der Waals surface area contributed by atoms with Gasteiger partial charge in [0.2, 0.25) is 11.8 Å². The molecule has 1 heterocycles. The predicted molar refractivity (Wildman–Crippen MR) is 93.8 cm³/mol. The molecule has 0 unspecified atom stereocenters. The second kappa shape index (κ2) is 7.59. The number of aryl methyl sites for hydroxylation is 1. The summed E-state index contributed by atoms with van der Waals surface area (Å²) in [5, 5.41) is 7.10. The van der Waals surface area contributed by atoms with Crippen LogP contribution in [-0.4, -0.2) is 47.1 Å². The van der Waals surface area contributed by atoms with E-state index in [9.17, 15) is 9.59 Å². The zero-order valence-corrected chi connectivity index (χ0v) is 14.4. The highest BCUT2D eigenvalue weighted by Crippen LogP contribution is 2.18. The number of benzene rings is 1. The van der Waals surface area contributed by atoms with Crippen molar-refractivity contribution in [2.45, 2.75) is 13.8 Å². The number of nitrogens with one attached hydrogen (secondary N) is 1. The number of carbonyl (C=O) groups is 2. The van der Waals surface area contributed by atoms with Crippen LogP contribution in [0.1, 0.15) is 17.0 Å². The monoisotopic (exact) mass is 326 g/mol. The molecule has 126 valence electrons. The number of nitrogens with zero attached hydrogens (tertiary/aromatic N) is 3. The van der Waals surface area contributed by atoms with Crippen molar-refractivity contribution in [1.82, 2.24) is 20.0 Å². The number of amides is 2. The minimum atomic E-state index is -0.309. The molecule has 0 aliphatic carbocycles. The molecule has 1 N–H and O–H groups in total. The number of aromatic nitrogens is 2. The summed E-state index contributed by atoms with van der Waals surface area (Å²) < 4.78 is 1.85. The van der Waals surface area contributed by atoms with Crippen molar-refractivity contribution in [2.24, 2.45) is 0 Å². The molecule has 0 aliphatic rings. The zero-order chi connectivity index (χ0) is 17.7. The number of para-hydroxylation sites is 1. The number of hydrogen-bond acceptors (Lipinski definition) is 3. The molecule has 2 aromatic rings. The van der Waals surface area contributed by atoms with E-state index in [1.165, 1.54) is 11.0 Å². The molecule has 1 aromatic heterocycles. The van der Waals surface area contributed by atoms with Crippen LogP contribution in [0.5, 0.6) is 0 Å². The molecule has 0 saturated carbocycles. The van der Waals surface area contributed by atoms with Crippen molar-refractivity contribution in [3.8, 4) is 5.69 Å². The van der Waals surface area contributed by atoms with Gasteiger partial charge in [-0.15, -0.1) is 0 Å². The molecule has 2 rings (SSSR count). The minimum absolute atomic E-state index is 0.0165. The van der Waals surface area contributed by atoms with E-state index in [1.807, 2.05) is 48.9 Å². The van der Waals surface area contributed by atoms with E-state index in [4.69, 9.17) is 0 Å². The van der Waals surface area contributed by atoms with E-state index in [2.05, 4.69) is 10.4 Å². The molecule has 1 aromatic carbocycles. The summed E-state index contributed by atoms with van der Waals surface area (Å²) in [6.07, 6.45) is 3.15. The maximum absolute atomic E-state index is 11.8. The summed E-state index contributed by atoms with van der Waals surface area (Å²) in [4.78, 5) is 24.7. The average molecular weight is 326 g/mol. The number of rotatable bonds is 5. The maximum atomic E-state index is 11.8. The first kappa shape index (κ1) is 17.5. The van der Waals surface area contributed by atoms with E-state index in [1.54, 1.807) is 20.2 Å². The largest absolute Gasteiger partial charge is 0.347 e. The van der Waals surface area contributed by atoms with Crippen molar-refractivity contribution in [1.29, 1.82) is 0 Å². The van der Waals surface area contributed by atoms with E-state index in [0.29, 0.717) is 0 Å². The van der Waals surface area contributed by atoms with E-state index in [-0.39, 0.29) is 18.4 Å². The van der Waals surface area contributed by atoms with Gasteiger partial charge in [-0.2, -0.15) is 5.10 Å². The van der Waals surface area contributed by atoms with Crippen LogP contribution in [0.4, 0.5) is 0 Å². The molecular weight excluding hydrogens is 304 g/mol. The van der Waals surface area contributed by atoms with Crippen LogP contribution in [-0.2, 0) is 9.59 Å². The Hall–Kier alpha value is -2.89. The van der Waals surface area contributed by atoms with Crippen LogP contribution in [0.3, 0.4) is 0 Å². The van der Waals surface area contributed by atoms with Gasteiger partial charge in [-0.25, -0.2) is 4.68 Å². The molecule has 6 nitrogen and oxygen atoms in total. The number of carbonyl (C=O) groups excluding carboxylic acids is 2. The van der Waals surface area contributed by atoms with Gasteiger partial charge in [-0.3, -0.25) is 9.59 Å². The zero-order valence-electron chi connectivity index (χ0n) is 14.4. The lowest BCUT2D eigenvalue weighted by Crippen LogP contribution is -2.35. The molecule has 24 heavy (non-hydrogen) atoms. The SMILES string of the molecule is Cc1nn(-c2ccccc2)c(C)c1/C=C/C(=O)NCC(=O)N(C)C. The van der Waals surface area contributed by atoms with Gasteiger partial charge in [0.25, 0.3) is 0 Å². The van der Waals surface area contributed by atoms with Crippen molar-refractivity contribution in [2.75, 3.05) is 20.6 Å². The Morgan fingerprint density at radius 1 is 1.21 bits per heavy atom. The standard InChI is InChI=1S/C18H22N4O2/c1-13-16(10-11-17(23)19-12-18(24)21(3)4)14(2)22(20-13)15-8-6-5-7-9-15/h5-11H,12H2,1-4H3,(H,19,23)/b11-10+. The molecule has 0 spiro atoms. The van der Waals surface area contributed by atoms with Crippen LogP contribution in [0.15, 0.2) is 36.4 Å². The number of hydrogen-bond donors (Lipinski definition) is 1. The molecular formula is C18H22N4O2. The van der Waals surface area contributed by atoms with Gasteiger partial charge in [0.15, 0.2) is 0 Å². The van der Waals surface area contributed by atoms with Gasteiger partial charge in [0, 0.05) is 31.4 Å². The first-order valence-corrected chi connectivity index (χ1v) is 7.68. The summed E-state index contributed by atoms with van der Waals surface area (Å²) in [6.45, 7) is 3.84. The van der Waals surface area contributed by atoms with Crippen LogP contribution in [0.2, 0.25) is 0 Å². The van der Waals surface area contributed by atoms with E-state index in [0.717, 1.165) is 22.6 Å². The fourth-order valence-electron chi connectivity index (χ4n) is 2.26. The summed E-state index contributed by atoms with van der Waals surface area (Å²) in [5.74, 6) is -0.461. The lowest BCUT2D eigenvalue weighted by atomic mass is 10.2. The molecule has 2 amide bonds. The summed E-state index contributed by atoms with van der Waals surface area (Å²) >= 11 is 0. The fraction of sp³-hybridized carbons (Fsp3) is 0.278. The Morgan fingerprint density at radius 3 is 2.50 bits per heavy atom. The quantitative estimate of drug-likeness (QED) is 0.851. The molecule has 6 heteroatoms. The molecule has 0 atom stereocenters. The predicted octanol–water partition coefficient (Wildman–Crippen LogP) is 1.71. The second-order valence-electron chi connectivity index (χ2n) is 5.67. The maximum Gasteiger partial charge on any atom is 0.244 e. The van der Waals surface area contributed by atoms with E-state index < -0.39 is 0 Å². The smallest absolute Gasteiger partial charge is 0.244 e. The third-order valence-electron chi connectivity index (χ3n) is 3.66. The Bertz CT molecular complexity index is 761. The van der Waals surface area contributed by atoms with Gasteiger partial charge in [0.1, 0.15) is 0 Å². The topological polar surface area (TPSA) is 67.2 Å². The Labute approximate surface area is 141 Å². The van der Waals surface area contributed by atoms with Gasteiger partial charge >= 0.3 is 0 Å². The summed E-state index contributed by atoms with van der Waals surface area (Å²) in [6, 6.07) is 9.82. The third kappa shape index (κ3) is 4.10. The van der Waals surface area contributed by atoms with Crippen molar-refractivity contribution in [3.63, 3.8) is 0 Å². The molecule has 0 saturated heterocycles. The highest BCUT2D eigenvalue weighted by Gasteiger charge is 2.11. The van der Waals surface area contributed by atoms with Crippen LogP contribution in [0, 0.1) is 13.8 Å². The van der Waals surface area contributed by atoms with Crippen LogP contribution >= 0.6 is 0 Å². The van der Waals surface area contributed by atoms with Crippen LogP contribution < -0.4 is 5.32 Å². The first-order valence-electron chi connectivity index (χ1n) is 7.68. The van der Waals surface area contributed by atoms with Crippen molar-refractivity contribution < 1.29 is 9.59 Å². The van der Waals surface area contributed by atoms with E-state index >= 15 is 0 Å². The summed E-state index contributed by atoms with van der Waals surface area (Å²) in [5.41, 5.74) is 3.66. The highest BCUT2D eigenvalue weighted by atomic mass is 16.2. The lowest BCUT2D eigenvalue weighted by Gasteiger charge is -2.09. The third-order valence-corrected chi connectivity index (χ3v) is 3.66. The molecule has 0 bridgehead atoms. The average Bonchev–Trinajstić information content (AvgIpc) is 2.85. The Balaban J connectivity index is 2.11. The lowest BCUT2D eigenvalue weighted by molar-refractivity contribution is -0.129. The number of likely N-dealkylation sites (N-methyl/N-ethyl adjacent to an activating group) is 1. The minimum Gasteiger partial charge on any atom is -0.347 e. The molecule has 0 radical (unpaired) electrons. The first-order chi connectivity index (χ1) is 11.4. The fourth-order valence-corrected chi connectivity index (χ4v) is 2.26. The summed E-state index contributed by atoms with van der Waals surface area (Å²) in [7, 11) is 3.30. The normalized spacial score (nSPS) is 10.8. The second-order valence-corrected chi connectivity index (χ2v) is 5.67. The van der Waals surface area contributed by atoms with Gasteiger partial charge in [0.05, 0.1) is 17.9 Å². The van der Waals surface area contributed by atoms with Crippen molar-refractivity contribution >= 4 is 17.9 Å². The van der Waals surface area contributed by atoms with Gasteiger partial charge in [-0.05, 0) is 32.1 Å². The Kier molecular flexibility index (Phi) is 5.52. The van der Waals surface area contributed by atoms with Crippen molar-refractivity contribution in [3.05, 3.63) is 53.4 Å².